The summed E-state index contributed by atoms with van der Waals surface area (Å²) >= 11 is 0. The van der Waals surface area contributed by atoms with Gasteiger partial charge in [0.15, 0.2) is 41.9 Å². The second-order valence-corrected chi connectivity index (χ2v) is 16.5. The SMILES string of the molecule is CN(C)C(=O)c1ccc([C@@H]2CC(Oc3ccc(S(C)(=O)=O)nc3)=NO2)cc1.CN(C)C(=O)c1ccc([C@H]2CC(Oc3ccc(S(C)(=O)=O)nc3)=NO2)cc1. The molecule has 4 heterocycles. The van der Waals surface area contributed by atoms with Gasteiger partial charge >= 0.3 is 0 Å². The zero-order valence-corrected chi connectivity index (χ0v) is 31.9. The Morgan fingerprint density at radius 2 is 0.944 bits per heavy atom. The van der Waals surface area contributed by atoms with E-state index in [0.717, 1.165) is 23.6 Å². The van der Waals surface area contributed by atoms with E-state index in [4.69, 9.17) is 19.1 Å². The van der Waals surface area contributed by atoms with Gasteiger partial charge in [0.2, 0.25) is 11.8 Å². The molecule has 284 valence electrons. The molecule has 0 saturated carbocycles. The van der Waals surface area contributed by atoms with Gasteiger partial charge in [-0.05, 0) is 59.7 Å². The monoisotopic (exact) mass is 778 g/mol. The summed E-state index contributed by atoms with van der Waals surface area (Å²) in [6, 6.07) is 20.0. The number of oxime groups is 2. The number of aromatic nitrogens is 2. The molecule has 2 aromatic carbocycles. The minimum Gasteiger partial charge on any atom is -0.438 e. The van der Waals surface area contributed by atoms with E-state index in [9.17, 15) is 26.4 Å². The van der Waals surface area contributed by atoms with Crippen molar-refractivity contribution in [2.75, 3.05) is 40.7 Å². The van der Waals surface area contributed by atoms with Crippen LogP contribution in [0.3, 0.4) is 0 Å². The van der Waals surface area contributed by atoms with E-state index in [1.165, 1.54) is 46.5 Å². The van der Waals surface area contributed by atoms with Gasteiger partial charge in [-0.3, -0.25) is 9.59 Å². The van der Waals surface area contributed by atoms with Crippen LogP contribution in [0, 0.1) is 0 Å². The van der Waals surface area contributed by atoms with Crippen LogP contribution in [0.15, 0.2) is 106 Å². The molecule has 18 heteroatoms. The van der Waals surface area contributed by atoms with Gasteiger partial charge in [-0.25, -0.2) is 26.8 Å². The summed E-state index contributed by atoms with van der Waals surface area (Å²) < 4.78 is 56.9. The van der Waals surface area contributed by atoms with Crippen LogP contribution in [0.4, 0.5) is 0 Å². The van der Waals surface area contributed by atoms with E-state index in [1.807, 2.05) is 24.3 Å². The Bertz CT molecular complexity index is 2100. The fourth-order valence-corrected chi connectivity index (χ4v) is 6.07. The molecule has 0 saturated heterocycles. The molecule has 2 aromatic heterocycles. The Kier molecular flexibility index (Phi) is 12.0. The van der Waals surface area contributed by atoms with Gasteiger partial charge in [-0.1, -0.05) is 34.6 Å². The van der Waals surface area contributed by atoms with Gasteiger partial charge in [0.05, 0.1) is 25.2 Å². The fourth-order valence-electron chi connectivity index (χ4n) is 4.95. The molecule has 0 spiro atoms. The second-order valence-electron chi connectivity index (χ2n) is 12.6. The maximum atomic E-state index is 11.9. The Morgan fingerprint density at radius 1 is 0.593 bits per heavy atom. The van der Waals surface area contributed by atoms with Crippen molar-refractivity contribution in [3.63, 3.8) is 0 Å². The molecule has 4 aromatic rings. The number of carbonyl (C=O) groups excluding carboxylic acids is 2. The largest absolute Gasteiger partial charge is 0.438 e. The second kappa shape index (κ2) is 16.4. The summed E-state index contributed by atoms with van der Waals surface area (Å²) in [6.07, 6.45) is 5.03. The summed E-state index contributed by atoms with van der Waals surface area (Å²) in [5.41, 5.74) is 2.93. The van der Waals surface area contributed by atoms with E-state index < -0.39 is 19.7 Å². The third-order valence-electron chi connectivity index (χ3n) is 7.80. The van der Waals surface area contributed by atoms with E-state index in [-0.39, 0.29) is 34.1 Å². The number of rotatable bonds is 8. The van der Waals surface area contributed by atoms with E-state index >= 15 is 0 Å². The lowest BCUT2D eigenvalue weighted by Crippen LogP contribution is -2.21. The van der Waals surface area contributed by atoms with Crippen LogP contribution in [-0.4, -0.2) is 101 Å². The lowest BCUT2D eigenvalue weighted by Gasteiger charge is -2.12. The smallest absolute Gasteiger partial charge is 0.253 e. The number of nitrogens with zero attached hydrogens (tertiary/aromatic N) is 6. The van der Waals surface area contributed by atoms with Gasteiger partial charge in [0, 0.05) is 51.8 Å². The summed E-state index contributed by atoms with van der Waals surface area (Å²) in [5.74, 6) is 1.33. The topological polar surface area (TPSA) is 196 Å². The molecular formula is C36H38N6O10S2. The third kappa shape index (κ3) is 10.2. The van der Waals surface area contributed by atoms with Gasteiger partial charge in [0.1, 0.15) is 11.5 Å². The minimum absolute atomic E-state index is 0.0234. The van der Waals surface area contributed by atoms with E-state index in [0.29, 0.717) is 47.3 Å². The molecule has 0 radical (unpaired) electrons. The Balaban J connectivity index is 0.000000208. The van der Waals surface area contributed by atoms with E-state index in [2.05, 4.69) is 20.3 Å². The first-order valence-electron chi connectivity index (χ1n) is 16.2. The molecule has 2 aliphatic heterocycles. The highest BCUT2D eigenvalue weighted by Gasteiger charge is 2.26. The lowest BCUT2D eigenvalue weighted by atomic mass is 10.0. The average molecular weight is 779 g/mol. The zero-order chi connectivity index (χ0) is 39.2. The number of hydrogen-bond acceptors (Lipinski definition) is 14. The number of ether oxygens (including phenoxy) is 2. The third-order valence-corrected chi connectivity index (χ3v) is 9.81. The molecule has 54 heavy (non-hydrogen) atoms. The summed E-state index contributed by atoms with van der Waals surface area (Å²) in [7, 11) is 0.0872. The van der Waals surface area contributed by atoms with Crippen LogP contribution in [0.2, 0.25) is 0 Å². The highest BCUT2D eigenvalue weighted by Crippen LogP contribution is 2.30. The van der Waals surface area contributed by atoms with Crippen LogP contribution in [-0.2, 0) is 29.3 Å². The van der Waals surface area contributed by atoms with Crippen LogP contribution in [0.5, 0.6) is 11.5 Å². The standard InChI is InChI=1S/2C18H19N3O5S/c2*1-21(2)18(22)13-6-4-12(5-7-13)15-10-16(20-26-15)25-14-8-9-17(19-11-14)27(3,23)24/h2*4-9,11,15H,10H2,1-3H3/t2*15-/m10/s1. The highest BCUT2D eigenvalue weighted by atomic mass is 32.2. The van der Waals surface area contributed by atoms with Crippen molar-refractivity contribution in [2.24, 2.45) is 10.3 Å². The van der Waals surface area contributed by atoms with Gasteiger partial charge in [0.25, 0.3) is 11.8 Å². The van der Waals surface area contributed by atoms with Gasteiger partial charge < -0.3 is 28.9 Å². The number of hydrogen-bond donors (Lipinski definition) is 0. The first kappa shape index (κ1) is 39.3. The Morgan fingerprint density at radius 3 is 1.22 bits per heavy atom. The molecule has 16 nitrogen and oxygen atoms in total. The first-order valence-corrected chi connectivity index (χ1v) is 20.0. The van der Waals surface area contributed by atoms with Gasteiger partial charge in [-0.15, -0.1) is 0 Å². The Hall–Kier alpha value is -5.88. The molecule has 0 N–H and O–H groups in total. The van der Waals surface area contributed by atoms with E-state index in [1.54, 1.807) is 52.5 Å². The molecule has 0 aliphatic carbocycles. The number of amides is 2. The summed E-state index contributed by atoms with van der Waals surface area (Å²) in [6.45, 7) is 0. The van der Waals surface area contributed by atoms with Crippen molar-refractivity contribution in [1.82, 2.24) is 19.8 Å². The first-order chi connectivity index (χ1) is 25.5. The average Bonchev–Trinajstić information content (AvgIpc) is 3.81. The predicted octanol–water partition coefficient (Wildman–Crippen LogP) is 4.08. The number of pyridine rings is 2. The zero-order valence-electron chi connectivity index (χ0n) is 30.2. The minimum atomic E-state index is -3.36. The van der Waals surface area contributed by atoms with Crippen LogP contribution in [0.1, 0.15) is 56.9 Å². The maximum Gasteiger partial charge on any atom is 0.253 e. The van der Waals surface area contributed by atoms with Crippen molar-refractivity contribution in [2.45, 2.75) is 35.1 Å². The Labute approximate surface area is 312 Å². The molecule has 0 fully saturated rings. The summed E-state index contributed by atoms with van der Waals surface area (Å²) in [5, 5.41) is 7.79. The normalized spacial score (nSPS) is 16.4. The molecule has 0 unspecified atom stereocenters. The number of carbonyl (C=O) groups is 2. The predicted molar refractivity (Wildman–Crippen MR) is 197 cm³/mol. The van der Waals surface area contributed by atoms with Crippen molar-refractivity contribution >= 4 is 43.3 Å². The van der Waals surface area contributed by atoms with Crippen molar-refractivity contribution < 1.29 is 45.6 Å². The lowest BCUT2D eigenvalue weighted by molar-refractivity contribution is 0.0817. The molecule has 2 atom stereocenters. The number of benzene rings is 2. The van der Waals surface area contributed by atoms with Crippen molar-refractivity contribution in [1.29, 1.82) is 0 Å². The van der Waals surface area contributed by atoms with Crippen molar-refractivity contribution in [3.05, 3.63) is 107 Å². The fraction of sp³-hybridized carbons (Fsp3) is 0.278. The molecule has 2 aliphatic rings. The molecule has 6 rings (SSSR count). The quantitative estimate of drug-likeness (QED) is 0.249. The number of sulfone groups is 2. The van der Waals surface area contributed by atoms with Crippen molar-refractivity contribution in [3.8, 4) is 11.5 Å². The maximum absolute atomic E-state index is 11.9. The highest BCUT2D eigenvalue weighted by molar-refractivity contribution is 7.90. The van der Waals surface area contributed by atoms with Gasteiger partial charge in [-0.2, -0.15) is 0 Å². The molecule has 2 amide bonds. The van der Waals surface area contributed by atoms with Crippen LogP contribution >= 0.6 is 0 Å². The van der Waals surface area contributed by atoms with Crippen LogP contribution in [0.25, 0.3) is 0 Å². The summed E-state index contributed by atoms with van der Waals surface area (Å²) in [4.78, 5) is 45.4. The molecular weight excluding hydrogens is 741 g/mol. The molecule has 0 bridgehead atoms. The van der Waals surface area contributed by atoms with Crippen LogP contribution < -0.4 is 9.47 Å².